The molecular weight excluding hydrogens is 360 g/mol. The molecular formula is C20H18N4O2S. The summed E-state index contributed by atoms with van der Waals surface area (Å²) in [5, 5.41) is 7.82. The van der Waals surface area contributed by atoms with E-state index in [1.54, 1.807) is 18.0 Å². The number of carbonyl (C=O) groups is 1. The predicted molar refractivity (Wildman–Crippen MR) is 107 cm³/mol. The van der Waals surface area contributed by atoms with Gasteiger partial charge in [-0.3, -0.25) is 10.1 Å². The highest BCUT2D eigenvalue weighted by atomic mass is 32.1. The molecule has 4 rings (SSSR count). The number of amides is 1. The number of para-hydroxylation sites is 1. The number of hydrogen-bond acceptors (Lipinski definition) is 5. The molecule has 7 heteroatoms. The molecule has 2 aromatic heterocycles. The van der Waals surface area contributed by atoms with Crippen molar-refractivity contribution < 1.29 is 9.53 Å². The first-order chi connectivity index (χ1) is 13.1. The Labute approximate surface area is 160 Å². The molecule has 0 unspecified atom stereocenters. The molecule has 27 heavy (non-hydrogen) atoms. The van der Waals surface area contributed by atoms with Gasteiger partial charge in [0.05, 0.1) is 40.5 Å². The quantitative estimate of drug-likeness (QED) is 0.573. The van der Waals surface area contributed by atoms with Crippen molar-refractivity contribution in [2.24, 2.45) is 0 Å². The minimum absolute atomic E-state index is 0.224. The fraction of sp³-hybridized carbons (Fsp3) is 0.150. The zero-order valence-corrected chi connectivity index (χ0v) is 16.0. The minimum atomic E-state index is -0.224. The molecule has 0 spiro atoms. The Bertz CT molecular complexity index is 1150. The number of aryl methyl sites for hydroxylation is 1. The van der Waals surface area contributed by atoms with Crippen LogP contribution in [0.25, 0.3) is 15.9 Å². The molecule has 0 saturated heterocycles. The lowest BCUT2D eigenvalue weighted by atomic mass is 10.2. The van der Waals surface area contributed by atoms with Gasteiger partial charge in [-0.2, -0.15) is 5.10 Å². The largest absolute Gasteiger partial charge is 0.497 e. The third-order valence-corrected chi connectivity index (χ3v) is 5.35. The van der Waals surface area contributed by atoms with Crippen molar-refractivity contribution in [2.45, 2.75) is 13.8 Å². The molecule has 0 radical (unpaired) electrons. The molecule has 6 nitrogen and oxygen atoms in total. The predicted octanol–water partition coefficient (Wildman–Crippen LogP) is 4.36. The Kier molecular flexibility index (Phi) is 4.37. The van der Waals surface area contributed by atoms with Gasteiger partial charge in [0.1, 0.15) is 5.75 Å². The van der Waals surface area contributed by atoms with E-state index in [4.69, 9.17) is 4.74 Å². The summed E-state index contributed by atoms with van der Waals surface area (Å²) in [6.45, 7) is 3.91. The molecule has 2 heterocycles. The summed E-state index contributed by atoms with van der Waals surface area (Å²) >= 11 is 1.41. The Balaban J connectivity index is 1.61. The van der Waals surface area contributed by atoms with Gasteiger partial charge in [-0.25, -0.2) is 9.67 Å². The van der Waals surface area contributed by atoms with Gasteiger partial charge in [0.15, 0.2) is 5.13 Å². The molecule has 0 atom stereocenters. The van der Waals surface area contributed by atoms with E-state index in [2.05, 4.69) is 15.4 Å². The second-order valence-electron chi connectivity index (χ2n) is 6.15. The van der Waals surface area contributed by atoms with Gasteiger partial charge in [-0.05, 0) is 43.7 Å². The molecule has 136 valence electrons. The molecule has 0 fully saturated rings. The van der Waals surface area contributed by atoms with Crippen molar-refractivity contribution in [3.05, 3.63) is 65.5 Å². The van der Waals surface area contributed by atoms with E-state index < -0.39 is 0 Å². The second kappa shape index (κ2) is 6.85. The third kappa shape index (κ3) is 3.17. The van der Waals surface area contributed by atoms with Crippen LogP contribution in [-0.4, -0.2) is 27.8 Å². The second-order valence-corrected chi connectivity index (χ2v) is 7.18. The van der Waals surface area contributed by atoms with E-state index in [1.807, 2.05) is 56.3 Å². The number of hydrogen-bond donors (Lipinski definition) is 1. The third-order valence-electron chi connectivity index (χ3n) is 4.41. The van der Waals surface area contributed by atoms with Crippen LogP contribution in [0.2, 0.25) is 0 Å². The average molecular weight is 378 g/mol. The van der Waals surface area contributed by atoms with Crippen LogP contribution in [-0.2, 0) is 0 Å². The Morgan fingerprint density at radius 1 is 1.19 bits per heavy atom. The van der Waals surface area contributed by atoms with Gasteiger partial charge in [0.25, 0.3) is 5.91 Å². The number of anilines is 1. The SMILES string of the molecule is COc1ccc2nc(NC(=O)c3cnn(-c4ccccc4C)c3C)sc2c1. The van der Waals surface area contributed by atoms with Crippen molar-refractivity contribution >= 4 is 32.6 Å². The Hall–Kier alpha value is -3.19. The zero-order chi connectivity index (χ0) is 19.0. The van der Waals surface area contributed by atoms with E-state index >= 15 is 0 Å². The fourth-order valence-corrected chi connectivity index (χ4v) is 3.82. The average Bonchev–Trinajstić information content (AvgIpc) is 3.24. The number of methoxy groups -OCH3 is 1. The Morgan fingerprint density at radius 3 is 2.78 bits per heavy atom. The van der Waals surface area contributed by atoms with Gasteiger partial charge in [-0.15, -0.1) is 0 Å². The van der Waals surface area contributed by atoms with Gasteiger partial charge < -0.3 is 4.74 Å². The molecule has 2 aromatic carbocycles. The highest BCUT2D eigenvalue weighted by Gasteiger charge is 2.17. The molecule has 4 aromatic rings. The first kappa shape index (κ1) is 17.2. The summed E-state index contributed by atoms with van der Waals surface area (Å²) in [6.07, 6.45) is 1.59. The highest BCUT2D eigenvalue weighted by molar-refractivity contribution is 7.22. The number of nitrogens with one attached hydrogen (secondary N) is 1. The number of nitrogens with zero attached hydrogens (tertiary/aromatic N) is 3. The normalized spacial score (nSPS) is 10.9. The van der Waals surface area contributed by atoms with Crippen LogP contribution >= 0.6 is 11.3 Å². The van der Waals surface area contributed by atoms with Crippen LogP contribution in [0.3, 0.4) is 0 Å². The van der Waals surface area contributed by atoms with Crippen LogP contribution in [0.1, 0.15) is 21.6 Å². The van der Waals surface area contributed by atoms with Crippen LogP contribution in [0.15, 0.2) is 48.7 Å². The van der Waals surface area contributed by atoms with Crippen LogP contribution in [0, 0.1) is 13.8 Å². The van der Waals surface area contributed by atoms with Gasteiger partial charge in [0, 0.05) is 0 Å². The summed E-state index contributed by atoms with van der Waals surface area (Å²) in [4.78, 5) is 17.2. The summed E-state index contributed by atoms with van der Waals surface area (Å²) in [7, 11) is 1.62. The van der Waals surface area contributed by atoms with E-state index in [1.165, 1.54) is 11.3 Å². The number of ether oxygens (including phenoxy) is 1. The minimum Gasteiger partial charge on any atom is -0.497 e. The maximum atomic E-state index is 12.7. The zero-order valence-electron chi connectivity index (χ0n) is 15.2. The maximum absolute atomic E-state index is 12.7. The lowest BCUT2D eigenvalue weighted by Gasteiger charge is -2.08. The monoisotopic (exact) mass is 378 g/mol. The smallest absolute Gasteiger partial charge is 0.260 e. The fourth-order valence-electron chi connectivity index (χ4n) is 2.93. The van der Waals surface area contributed by atoms with Crippen LogP contribution in [0.4, 0.5) is 5.13 Å². The summed E-state index contributed by atoms with van der Waals surface area (Å²) < 4.78 is 7.97. The summed E-state index contributed by atoms with van der Waals surface area (Å²) in [5.74, 6) is 0.540. The first-order valence-electron chi connectivity index (χ1n) is 8.43. The van der Waals surface area contributed by atoms with Crippen molar-refractivity contribution in [1.29, 1.82) is 0 Å². The van der Waals surface area contributed by atoms with Crippen LogP contribution in [0.5, 0.6) is 5.75 Å². The summed E-state index contributed by atoms with van der Waals surface area (Å²) in [6, 6.07) is 13.6. The Morgan fingerprint density at radius 2 is 2.00 bits per heavy atom. The molecule has 1 N–H and O–H groups in total. The first-order valence-corrected chi connectivity index (χ1v) is 9.25. The molecule has 0 aliphatic heterocycles. The van der Waals surface area contributed by atoms with E-state index in [0.717, 1.165) is 32.9 Å². The van der Waals surface area contributed by atoms with Crippen molar-refractivity contribution in [1.82, 2.24) is 14.8 Å². The highest BCUT2D eigenvalue weighted by Crippen LogP contribution is 2.29. The van der Waals surface area contributed by atoms with Crippen molar-refractivity contribution in [3.8, 4) is 11.4 Å². The van der Waals surface area contributed by atoms with E-state index in [-0.39, 0.29) is 5.91 Å². The molecule has 0 saturated carbocycles. The van der Waals surface area contributed by atoms with Crippen molar-refractivity contribution in [2.75, 3.05) is 12.4 Å². The van der Waals surface area contributed by atoms with Gasteiger partial charge in [0.2, 0.25) is 0 Å². The molecule has 0 aliphatic carbocycles. The van der Waals surface area contributed by atoms with E-state index in [9.17, 15) is 4.79 Å². The summed E-state index contributed by atoms with van der Waals surface area (Å²) in [5.41, 5.74) is 4.18. The van der Waals surface area contributed by atoms with Gasteiger partial charge in [-0.1, -0.05) is 29.5 Å². The number of thiazole rings is 1. The molecule has 1 amide bonds. The lowest BCUT2D eigenvalue weighted by Crippen LogP contribution is -2.13. The number of fused-ring (bicyclic) bond motifs is 1. The maximum Gasteiger partial charge on any atom is 0.260 e. The topological polar surface area (TPSA) is 69.0 Å². The van der Waals surface area contributed by atoms with Crippen LogP contribution < -0.4 is 10.1 Å². The van der Waals surface area contributed by atoms with E-state index in [0.29, 0.717) is 10.7 Å². The van der Waals surface area contributed by atoms with Gasteiger partial charge >= 0.3 is 0 Å². The van der Waals surface area contributed by atoms with Crippen molar-refractivity contribution in [3.63, 3.8) is 0 Å². The molecule has 0 bridgehead atoms. The standard InChI is InChI=1S/C20H18N4O2S/c1-12-6-4-5-7-17(12)24-13(2)15(11-21-24)19(25)23-20-22-16-9-8-14(26-3)10-18(16)27-20/h4-11H,1-3H3,(H,22,23,25). The molecule has 0 aliphatic rings. The number of benzene rings is 2. The number of aromatic nitrogens is 3. The number of carbonyl (C=O) groups excluding carboxylic acids is 1. The lowest BCUT2D eigenvalue weighted by molar-refractivity contribution is 0.102. The number of rotatable bonds is 4.